The highest BCUT2D eigenvalue weighted by Crippen LogP contribution is 2.32. The van der Waals surface area contributed by atoms with Crippen LogP contribution in [0.5, 0.6) is 0 Å². The number of hydrogen-bond donors (Lipinski definition) is 0. The van der Waals surface area contributed by atoms with Crippen LogP contribution in [0, 0.1) is 5.82 Å². The number of carbonyl (C=O) groups is 1. The number of carbonyl (C=O) groups excluding carboxylic acids is 1. The molecule has 1 aromatic rings. The van der Waals surface area contributed by atoms with Crippen LogP contribution in [0.3, 0.4) is 0 Å². The van der Waals surface area contributed by atoms with E-state index in [1.54, 1.807) is 0 Å². The first kappa shape index (κ1) is 15.4. The highest BCUT2D eigenvalue weighted by atomic mass is 19.4. The van der Waals surface area contributed by atoms with Crippen molar-refractivity contribution in [1.29, 1.82) is 0 Å². The van der Waals surface area contributed by atoms with Gasteiger partial charge in [-0.15, -0.1) is 0 Å². The van der Waals surface area contributed by atoms with Crippen molar-refractivity contribution in [2.24, 2.45) is 0 Å². The first-order valence-corrected chi connectivity index (χ1v) is 5.32. The third-order valence-corrected chi connectivity index (χ3v) is 2.22. The second kappa shape index (κ2) is 6.01. The zero-order valence-electron chi connectivity index (χ0n) is 10.3. The predicted molar refractivity (Wildman–Crippen MR) is 58.2 cm³/mol. The SMILES string of the molecule is COCC(C)OC(=O)c1ccc(F)c(C(F)(F)F)c1. The van der Waals surface area contributed by atoms with E-state index in [4.69, 9.17) is 9.47 Å². The van der Waals surface area contributed by atoms with Gasteiger partial charge < -0.3 is 9.47 Å². The van der Waals surface area contributed by atoms with Gasteiger partial charge in [-0.1, -0.05) is 0 Å². The van der Waals surface area contributed by atoms with Crippen molar-refractivity contribution in [3.63, 3.8) is 0 Å². The molecule has 0 fully saturated rings. The number of hydrogen-bond acceptors (Lipinski definition) is 3. The fourth-order valence-electron chi connectivity index (χ4n) is 1.39. The molecule has 0 radical (unpaired) electrons. The number of halogens is 4. The molecule has 106 valence electrons. The van der Waals surface area contributed by atoms with E-state index in [1.807, 2.05) is 0 Å². The van der Waals surface area contributed by atoms with Crippen LogP contribution in [0.4, 0.5) is 17.6 Å². The van der Waals surface area contributed by atoms with Gasteiger partial charge in [0.2, 0.25) is 0 Å². The maximum absolute atomic E-state index is 13.0. The summed E-state index contributed by atoms with van der Waals surface area (Å²) in [6.45, 7) is 1.63. The average molecular weight is 280 g/mol. The fraction of sp³-hybridized carbons (Fsp3) is 0.417. The molecule has 1 aromatic carbocycles. The fourth-order valence-corrected chi connectivity index (χ4v) is 1.39. The molecule has 1 rings (SSSR count). The summed E-state index contributed by atoms with van der Waals surface area (Å²) in [5, 5.41) is 0. The van der Waals surface area contributed by atoms with Crippen molar-refractivity contribution in [3.05, 3.63) is 35.1 Å². The smallest absolute Gasteiger partial charge is 0.419 e. The number of benzene rings is 1. The average Bonchev–Trinajstić information content (AvgIpc) is 2.27. The summed E-state index contributed by atoms with van der Waals surface area (Å²) in [6, 6.07) is 1.95. The minimum absolute atomic E-state index is 0.110. The second-order valence-electron chi connectivity index (χ2n) is 3.86. The molecule has 1 atom stereocenters. The number of esters is 1. The molecule has 0 spiro atoms. The Morgan fingerprint density at radius 1 is 1.37 bits per heavy atom. The lowest BCUT2D eigenvalue weighted by atomic mass is 10.1. The van der Waals surface area contributed by atoms with E-state index in [1.165, 1.54) is 14.0 Å². The molecule has 0 aromatic heterocycles. The standard InChI is InChI=1S/C12H12F4O3/c1-7(6-18-2)19-11(17)8-3-4-10(13)9(5-8)12(14,15)16/h3-5,7H,6H2,1-2H3. The van der Waals surface area contributed by atoms with Crippen molar-refractivity contribution in [1.82, 2.24) is 0 Å². The molecule has 0 saturated heterocycles. The Morgan fingerprint density at radius 3 is 2.53 bits per heavy atom. The quantitative estimate of drug-likeness (QED) is 0.628. The van der Waals surface area contributed by atoms with Crippen molar-refractivity contribution in [2.45, 2.75) is 19.2 Å². The van der Waals surface area contributed by atoms with Gasteiger partial charge in [-0.3, -0.25) is 0 Å². The van der Waals surface area contributed by atoms with Crippen molar-refractivity contribution in [2.75, 3.05) is 13.7 Å². The normalized spacial score (nSPS) is 13.2. The second-order valence-corrected chi connectivity index (χ2v) is 3.86. The lowest BCUT2D eigenvalue weighted by Crippen LogP contribution is -2.20. The Morgan fingerprint density at radius 2 is 2.00 bits per heavy atom. The Labute approximate surface area is 107 Å². The van der Waals surface area contributed by atoms with Crippen molar-refractivity contribution < 1.29 is 31.8 Å². The van der Waals surface area contributed by atoms with Gasteiger partial charge in [0.05, 0.1) is 17.7 Å². The summed E-state index contributed by atoms with van der Waals surface area (Å²) in [5.74, 6) is -2.40. The van der Waals surface area contributed by atoms with Crippen molar-refractivity contribution in [3.8, 4) is 0 Å². The highest BCUT2D eigenvalue weighted by molar-refractivity contribution is 5.89. The predicted octanol–water partition coefficient (Wildman–Crippen LogP) is 3.04. The molecule has 1 unspecified atom stereocenters. The molecule has 0 bridgehead atoms. The monoisotopic (exact) mass is 280 g/mol. The lowest BCUT2D eigenvalue weighted by Gasteiger charge is -2.13. The van der Waals surface area contributed by atoms with Gasteiger partial charge in [-0.05, 0) is 25.1 Å². The molecular weight excluding hydrogens is 268 g/mol. The van der Waals surface area contributed by atoms with Crippen LogP contribution < -0.4 is 0 Å². The highest BCUT2D eigenvalue weighted by Gasteiger charge is 2.34. The maximum Gasteiger partial charge on any atom is 0.419 e. The summed E-state index contributed by atoms with van der Waals surface area (Å²) in [4.78, 5) is 11.6. The van der Waals surface area contributed by atoms with Gasteiger partial charge in [0, 0.05) is 7.11 Å². The van der Waals surface area contributed by atoms with E-state index < -0.39 is 29.6 Å². The minimum atomic E-state index is -4.86. The molecule has 0 aliphatic heterocycles. The molecule has 0 aliphatic rings. The molecule has 0 aliphatic carbocycles. The minimum Gasteiger partial charge on any atom is -0.457 e. The van der Waals surface area contributed by atoms with Gasteiger partial charge >= 0.3 is 12.1 Å². The van der Waals surface area contributed by atoms with E-state index in [2.05, 4.69) is 0 Å². The molecule has 0 amide bonds. The Hall–Kier alpha value is -1.63. The van der Waals surface area contributed by atoms with Crippen LogP contribution >= 0.6 is 0 Å². The number of alkyl halides is 3. The molecule has 0 N–H and O–H groups in total. The van der Waals surface area contributed by atoms with Crippen LogP contribution in [0.1, 0.15) is 22.8 Å². The van der Waals surface area contributed by atoms with E-state index in [-0.39, 0.29) is 12.2 Å². The molecule has 7 heteroatoms. The first-order valence-electron chi connectivity index (χ1n) is 5.32. The molecule has 3 nitrogen and oxygen atoms in total. The van der Waals surface area contributed by atoms with Crippen LogP contribution in [0.2, 0.25) is 0 Å². The van der Waals surface area contributed by atoms with E-state index in [0.29, 0.717) is 12.1 Å². The van der Waals surface area contributed by atoms with E-state index in [9.17, 15) is 22.4 Å². The maximum atomic E-state index is 13.0. The van der Waals surface area contributed by atoms with Crippen molar-refractivity contribution >= 4 is 5.97 Å². The van der Waals surface area contributed by atoms with Crippen LogP contribution in [0.15, 0.2) is 18.2 Å². The lowest BCUT2D eigenvalue weighted by molar-refractivity contribution is -0.140. The number of rotatable bonds is 4. The molecular formula is C12H12F4O3. The van der Waals surface area contributed by atoms with Crippen LogP contribution in [-0.4, -0.2) is 25.8 Å². The summed E-state index contributed by atoms with van der Waals surface area (Å²) >= 11 is 0. The van der Waals surface area contributed by atoms with E-state index in [0.717, 1.165) is 6.07 Å². The summed E-state index contributed by atoms with van der Waals surface area (Å²) in [5.41, 5.74) is -1.86. The summed E-state index contributed by atoms with van der Waals surface area (Å²) in [7, 11) is 1.39. The van der Waals surface area contributed by atoms with Crippen LogP contribution in [0.25, 0.3) is 0 Å². The number of ether oxygens (including phenoxy) is 2. The molecule has 0 heterocycles. The van der Waals surface area contributed by atoms with Gasteiger partial charge in [-0.25, -0.2) is 9.18 Å². The Bertz CT molecular complexity index is 457. The zero-order valence-corrected chi connectivity index (χ0v) is 10.3. The molecule has 19 heavy (non-hydrogen) atoms. The van der Waals surface area contributed by atoms with Gasteiger partial charge in [0.25, 0.3) is 0 Å². The Balaban J connectivity index is 2.93. The third kappa shape index (κ3) is 4.20. The topological polar surface area (TPSA) is 35.5 Å². The van der Waals surface area contributed by atoms with Gasteiger partial charge in [0.15, 0.2) is 0 Å². The first-order chi connectivity index (χ1) is 8.75. The Kier molecular flexibility index (Phi) is 4.88. The van der Waals surface area contributed by atoms with Gasteiger partial charge in [0.1, 0.15) is 11.9 Å². The summed E-state index contributed by atoms with van der Waals surface area (Å²) in [6.07, 6.45) is -5.48. The van der Waals surface area contributed by atoms with Gasteiger partial charge in [-0.2, -0.15) is 13.2 Å². The van der Waals surface area contributed by atoms with E-state index >= 15 is 0 Å². The molecule has 0 saturated carbocycles. The number of methoxy groups -OCH3 is 1. The largest absolute Gasteiger partial charge is 0.457 e. The summed E-state index contributed by atoms with van der Waals surface area (Å²) < 4.78 is 60.0. The zero-order chi connectivity index (χ0) is 14.6. The third-order valence-electron chi connectivity index (χ3n) is 2.22. The van der Waals surface area contributed by atoms with Crippen LogP contribution in [-0.2, 0) is 15.7 Å².